The Labute approximate surface area is 141 Å². The Balaban J connectivity index is 2.18. The van der Waals surface area contributed by atoms with Gasteiger partial charge in [-0.2, -0.15) is 0 Å². The number of hydrogen-bond acceptors (Lipinski definition) is 4. The van der Waals surface area contributed by atoms with Crippen LogP contribution in [0.2, 0.25) is 0 Å². The van der Waals surface area contributed by atoms with E-state index >= 15 is 0 Å². The van der Waals surface area contributed by atoms with Crippen LogP contribution < -0.4 is 14.8 Å². The standard InChI is InChI=1S/C17H20N2O4S/c1-12-10-15(23-3)8-9-16(12)24(21,22)19-14-6-4-13(5-7-14)11-17(20)18-2/h4-10,19H,11H2,1-3H3,(H,18,20). The van der Waals surface area contributed by atoms with Crippen LogP contribution in [0.5, 0.6) is 5.75 Å². The first kappa shape index (κ1) is 17.8. The van der Waals surface area contributed by atoms with Crippen LogP contribution in [-0.4, -0.2) is 28.5 Å². The zero-order valence-electron chi connectivity index (χ0n) is 13.8. The molecule has 0 bridgehead atoms. The molecule has 2 N–H and O–H groups in total. The number of anilines is 1. The zero-order chi connectivity index (χ0) is 17.7. The fraction of sp³-hybridized carbons (Fsp3) is 0.235. The smallest absolute Gasteiger partial charge is 0.262 e. The van der Waals surface area contributed by atoms with Crippen LogP contribution in [0.3, 0.4) is 0 Å². The predicted octanol–water partition coefficient (Wildman–Crippen LogP) is 2.09. The van der Waals surface area contributed by atoms with Crippen molar-refractivity contribution in [2.24, 2.45) is 0 Å². The second-order valence-electron chi connectivity index (χ2n) is 5.28. The molecule has 0 spiro atoms. The molecule has 0 radical (unpaired) electrons. The molecule has 0 saturated carbocycles. The van der Waals surface area contributed by atoms with E-state index in [2.05, 4.69) is 10.0 Å². The average molecular weight is 348 g/mol. The second-order valence-corrected chi connectivity index (χ2v) is 6.93. The van der Waals surface area contributed by atoms with E-state index in [1.54, 1.807) is 50.4 Å². The van der Waals surface area contributed by atoms with Crippen molar-refractivity contribution in [2.45, 2.75) is 18.2 Å². The van der Waals surface area contributed by atoms with E-state index in [4.69, 9.17) is 4.74 Å². The maximum absolute atomic E-state index is 12.5. The molecule has 0 saturated heterocycles. The monoisotopic (exact) mass is 348 g/mol. The fourth-order valence-corrected chi connectivity index (χ4v) is 3.51. The Morgan fingerprint density at radius 1 is 1.12 bits per heavy atom. The molecule has 0 aliphatic carbocycles. The van der Waals surface area contributed by atoms with E-state index in [-0.39, 0.29) is 17.2 Å². The van der Waals surface area contributed by atoms with Crippen molar-refractivity contribution in [3.63, 3.8) is 0 Å². The van der Waals surface area contributed by atoms with Gasteiger partial charge in [-0.1, -0.05) is 12.1 Å². The van der Waals surface area contributed by atoms with Gasteiger partial charge in [-0.3, -0.25) is 9.52 Å². The van der Waals surface area contributed by atoms with E-state index in [9.17, 15) is 13.2 Å². The van der Waals surface area contributed by atoms with Gasteiger partial charge in [-0.15, -0.1) is 0 Å². The Bertz CT molecular complexity index is 830. The molecule has 0 fully saturated rings. The average Bonchev–Trinajstić information content (AvgIpc) is 2.55. The van der Waals surface area contributed by atoms with Crippen molar-refractivity contribution >= 4 is 21.6 Å². The molecule has 7 heteroatoms. The van der Waals surface area contributed by atoms with Gasteiger partial charge in [0.25, 0.3) is 10.0 Å². The molecule has 2 aromatic rings. The highest BCUT2D eigenvalue weighted by molar-refractivity contribution is 7.92. The van der Waals surface area contributed by atoms with Crippen LogP contribution in [-0.2, 0) is 21.2 Å². The third-order valence-corrected chi connectivity index (χ3v) is 5.06. The minimum absolute atomic E-state index is 0.0998. The van der Waals surface area contributed by atoms with E-state index < -0.39 is 10.0 Å². The topological polar surface area (TPSA) is 84.5 Å². The van der Waals surface area contributed by atoms with Crippen LogP contribution >= 0.6 is 0 Å². The summed E-state index contributed by atoms with van der Waals surface area (Å²) in [5.41, 5.74) is 1.84. The highest BCUT2D eigenvalue weighted by atomic mass is 32.2. The molecule has 0 heterocycles. The summed E-state index contributed by atoms with van der Waals surface area (Å²) < 4.78 is 32.7. The largest absolute Gasteiger partial charge is 0.497 e. The molecule has 0 atom stereocenters. The number of ether oxygens (including phenoxy) is 1. The second kappa shape index (κ2) is 7.35. The third kappa shape index (κ3) is 4.26. The zero-order valence-corrected chi connectivity index (χ0v) is 14.6. The maximum Gasteiger partial charge on any atom is 0.262 e. The third-order valence-electron chi connectivity index (χ3n) is 3.52. The van der Waals surface area contributed by atoms with Gasteiger partial charge in [0.2, 0.25) is 5.91 Å². The first-order valence-electron chi connectivity index (χ1n) is 7.32. The molecular weight excluding hydrogens is 328 g/mol. The number of nitrogens with one attached hydrogen (secondary N) is 2. The number of likely N-dealkylation sites (N-methyl/N-ethyl adjacent to an activating group) is 1. The van der Waals surface area contributed by atoms with Gasteiger partial charge in [-0.05, 0) is 48.4 Å². The van der Waals surface area contributed by atoms with Gasteiger partial charge in [0.15, 0.2) is 0 Å². The molecule has 24 heavy (non-hydrogen) atoms. The summed E-state index contributed by atoms with van der Waals surface area (Å²) in [4.78, 5) is 11.5. The number of aryl methyl sites for hydroxylation is 1. The Kier molecular flexibility index (Phi) is 5.46. The molecule has 2 rings (SSSR count). The molecule has 0 aliphatic rings. The highest BCUT2D eigenvalue weighted by Gasteiger charge is 2.17. The van der Waals surface area contributed by atoms with Crippen molar-refractivity contribution in [2.75, 3.05) is 18.9 Å². The summed E-state index contributed by atoms with van der Waals surface area (Å²) in [5, 5.41) is 2.54. The number of hydrogen-bond donors (Lipinski definition) is 2. The summed E-state index contributed by atoms with van der Waals surface area (Å²) in [5.74, 6) is 0.502. The van der Waals surface area contributed by atoms with Crippen LogP contribution in [0.4, 0.5) is 5.69 Å². The molecule has 1 amide bonds. The lowest BCUT2D eigenvalue weighted by atomic mass is 10.1. The Morgan fingerprint density at radius 3 is 2.33 bits per heavy atom. The number of benzene rings is 2. The summed E-state index contributed by atoms with van der Waals surface area (Å²) in [6.45, 7) is 1.71. The molecule has 0 aromatic heterocycles. The number of carbonyl (C=O) groups is 1. The summed E-state index contributed by atoms with van der Waals surface area (Å²) in [6.07, 6.45) is 0.251. The highest BCUT2D eigenvalue weighted by Crippen LogP contribution is 2.23. The van der Waals surface area contributed by atoms with E-state index in [1.165, 1.54) is 13.2 Å². The molecular formula is C17H20N2O4S. The lowest BCUT2D eigenvalue weighted by molar-refractivity contribution is -0.119. The first-order chi connectivity index (χ1) is 11.4. The van der Waals surface area contributed by atoms with Crippen molar-refractivity contribution in [1.29, 1.82) is 0 Å². The van der Waals surface area contributed by atoms with E-state index in [0.717, 1.165) is 5.56 Å². The summed E-state index contributed by atoms with van der Waals surface area (Å²) >= 11 is 0. The van der Waals surface area contributed by atoms with Crippen LogP contribution in [0.25, 0.3) is 0 Å². The quantitative estimate of drug-likeness (QED) is 0.837. The fourth-order valence-electron chi connectivity index (χ4n) is 2.22. The van der Waals surface area contributed by atoms with Crippen molar-refractivity contribution in [3.05, 3.63) is 53.6 Å². The first-order valence-corrected chi connectivity index (χ1v) is 8.81. The van der Waals surface area contributed by atoms with Crippen molar-refractivity contribution < 1.29 is 17.9 Å². The lowest BCUT2D eigenvalue weighted by Gasteiger charge is -2.12. The minimum atomic E-state index is -3.69. The van der Waals surface area contributed by atoms with Gasteiger partial charge < -0.3 is 10.1 Å². The van der Waals surface area contributed by atoms with Gasteiger partial charge in [0, 0.05) is 12.7 Å². The molecule has 2 aromatic carbocycles. The maximum atomic E-state index is 12.5. The van der Waals surface area contributed by atoms with E-state index in [1.807, 2.05) is 0 Å². The van der Waals surface area contributed by atoms with Crippen LogP contribution in [0, 0.1) is 6.92 Å². The lowest BCUT2D eigenvalue weighted by Crippen LogP contribution is -2.20. The minimum Gasteiger partial charge on any atom is -0.497 e. The Hall–Kier alpha value is -2.54. The van der Waals surface area contributed by atoms with Gasteiger partial charge in [0.05, 0.1) is 18.4 Å². The van der Waals surface area contributed by atoms with E-state index in [0.29, 0.717) is 17.0 Å². The number of amides is 1. The molecule has 0 aliphatic heterocycles. The normalized spacial score (nSPS) is 11.0. The van der Waals surface area contributed by atoms with Gasteiger partial charge in [-0.25, -0.2) is 8.42 Å². The number of methoxy groups -OCH3 is 1. The van der Waals surface area contributed by atoms with Crippen LogP contribution in [0.15, 0.2) is 47.4 Å². The molecule has 6 nitrogen and oxygen atoms in total. The number of sulfonamides is 1. The predicted molar refractivity (Wildman–Crippen MR) is 92.8 cm³/mol. The molecule has 128 valence electrons. The summed E-state index contributed by atoms with van der Waals surface area (Å²) in [6, 6.07) is 11.5. The van der Waals surface area contributed by atoms with Gasteiger partial charge >= 0.3 is 0 Å². The Morgan fingerprint density at radius 2 is 1.79 bits per heavy atom. The number of rotatable bonds is 6. The van der Waals surface area contributed by atoms with Crippen molar-refractivity contribution in [3.8, 4) is 5.75 Å². The van der Waals surface area contributed by atoms with Crippen LogP contribution in [0.1, 0.15) is 11.1 Å². The summed E-state index contributed by atoms with van der Waals surface area (Å²) in [7, 11) is -0.594. The SMILES string of the molecule is CNC(=O)Cc1ccc(NS(=O)(=O)c2ccc(OC)cc2C)cc1. The molecule has 0 unspecified atom stereocenters. The van der Waals surface area contributed by atoms with Gasteiger partial charge in [0.1, 0.15) is 5.75 Å². The number of carbonyl (C=O) groups excluding carboxylic acids is 1. The van der Waals surface area contributed by atoms with Crippen molar-refractivity contribution in [1.82, 2.24) is 5.32 Å².